The zero-order valence-electron chi connectivity index (χ0n) is 10.4. The third kappa shape index (κ3) is 3.21. The predicted molar refractivity (Wildman–Crippen MR) is 70.1 cm³/mol. The van der Waals surface area contributed by atoms with Crippen molar-refractivity contribution >= 4 is 5.96 Å². The molecule has 0 radical (unpaired) electrons. The Hall–Kier alpha value is -1.59. The van der Waals surface area contributed by atoms with Crippen LogP contribution in [0.3, 0.4) is 0 Å². The smallest absolute Gasteiger partial charge is 0.191 e. The molecule has 1 aliphatic rings. The first-order valence-corrected chi connectivity index (χ1v) is 6.11. The minimum atomic E-state index is 0.0309. The molecule has 0 bridgehead atoms. The van der Waals surface area contributed by atoms with Crippen LogP contribution in [0.15, 0.2) is 29.3 Å². The van der Waals surface area contributed by atoms with E-state index in [0.717, 1.165) is 24.2 Å². The molecule has 3 N–H and O–H groups in total. The van der Waals surface area contributed by atoms with E-state index in [1.165, 1.54) is 0 Å². The second-order valence-electron chi connectivity index (χ2n) is 4.20. The average Bonchev–Trinajstić information content (AvgIpc) is 2.46. The molecule has 1 aromatic carbocycles. The van der Waals surface area contributed by atoms with Gasteiger partial charge in [-0.15, -0.1) is 0 Å². The summed E-state index contributed by atoms with van der Waals surface area (Å²) >= 11 is 0. The zero-order valence-corrected chi connectivity index (χ0v) is 10.4. The SMILES string of the molecule is NC(=NCc1ccccc1CO)N1CCOCC1. The van der Waals surface area contributed by atoms with Crippen molar-refractivity contribution in [1.82, 2.24) is 4.90 Å². The zero-order chi connectivity index (χ0) is 12.8. The van der Waals surface area contributed by atoms with Gasteiger partial charge in [-0.1, -0.05) is 24.3 Å². The minimum Gasteiger partial charge on any atom is -0.392 e. The number of benzene rings is 1. The highest BCUT2D eigenvalue weighted by Crippen LogP contribution is 2.10. The predicted octanol–water partition coefficient (Wildman–Crippen LogP) is 0.326. The summed E-state index contributed by atoms with van der Waals surface area (Å²) in [5, 5.41) is 9.23. The van der Waals surface area contributed by atoms with Crippen LogP contribution in [0.25, 0.3) is 0 Å². The van der Waals surface area contributed by atoms with Gasteiger partial charge in [-0.25, -0.2) is 4.99 Å². The average molecular weight is 249 g/mol. The lowest BCUT2D eigenvalue weighted by molar-refractivity contribution is 0.0674. The van der Waals surface area contributed by atoms with Crippen molar-refractivity contribution in [3.8, 4) is 0 Å². The number of hydrogen-bond donors (Lipinski definition) is 2. The van der Waals surface area contributed by atoms with Crippen molar-refractivity contribution in [2.45, 2.75) is 13.2 Å². The van der Waals surface area contributed by atoms with Gasteiger partial charge < -0.3 is 20.5 Å². The molecule has 1 aromatic rings. The number of aliphatic hydroxyl groups excluding tert-OH is 1. The van der Waals surface area contributed by atoms with Gasteiger partial charge in [0.25, 0.3) is 0 Å². The number of hydrogen-bond acceptors (Lipinski definition) is 3. The molecule has 0 spiro atoms. The van der Waals surface area contributed by atoms with E-state index >= 15 is 0 Å². The molecular weight excluding hydrogens is 230 g/mol. The molecule has 5 nitrogen and oxygen atoms in total. The largest absolute Gasteiger partial charge is 0.392 e. The first-order chi connectivity index (χ1) is 8.81. The van der Waals surface area contributed by atoms with Gasteiger partial charge in [-0.05, 0) is 11.1 Å². The second-order valence-corrected chi connectivity index (χ2v) is 4.20. The number of nitrogens with two attached hydrogens (primary N) is 1. The molecular formula is C13H19N3O2. The molecule has 98 valence electrons. The van der Waals surface area contributed by atoms with Crippen LogP contribution in [0.4, 0.5) is 0 Å². The lowest BCUT2D eigenvalue weighted by Gasteiger charge is -2.27. The summed E-state index contributed by atoms with van der Waals surface area (Å²) in [5.74, 6) is 0.547. The summed E-state index contributed by atoms with van der Waals surface area (Å²) in [4.78, 5) is 6.40. The maximum Gasteiger partial charge on any atom is 0.191 e. The molecule has 0 amide bonds. The van der Waals surface area contributed by atoms with Crippen molar-refractivity contribution < 1.29 is 9.84 Å². The first kappa shape index (κ1) is 12.9. The van der Waals surface area contributed by atoms with Gasteiger partial charge in [-0.2, -0.15) is 0 Å². The Morgan fingerprint density at radius 3 is 2.61 bits per heavy atom. The quantitative estimate of drug-likeness (QED) is 0.598. The molecule has 1 saturated heterocycles. The molecule has 0 saturated carbocycles. The number of guanidine groups is 1. The molecule has 1 fully saturated rings. The molecule has 2 rings (SSSR count). The van der Waals surface area contributed by atoms with Gasteiger partial charge in [0.1, 0.15) is 0 Å². The van der Waals surface area contributed by atoms with E-state index in [1.54, 1.807) is 0 Å². The van der Waals surface area contributed by atoms with Gasteiger partial charge in [0.05, 0.1) is 26.4 Å². The Bertz CT molecular complexity index is 414. The Morgan fingerprint density at radius 2 is 1.94 bits per heavy atom. The lowest BCUT2D eigenvalue weighted by atomic mass is 10.1. The summed E-state index contributed by atoms with van der Waals surface area (Å²) in [6, 6.07) is 7.70. The van der Waals surface area contributed by atoms with Crippen LogP contribution in [-0.4, -0.2) is 42.3 Å². The van der Waals surface area contributed by atoms with E-state index in [4.69, 9.17) is 10.5 Å². The first-order valence-electron chi connectivity index (χ1n) is 6.11. The molecule has 1 aliphatic heterocycles. The minimum absolute atomic E-state index is 0.0309. The van der Waals surface area contributed by atoms with Crippen molar-refractivity contribution in [2.75, 3.05) is 26.3 Å². The normalized spacial score (nSPS) is 16.9. The van der Waals surface area contributed by atoms with Crippen LogP contribution in [0.2, 0.25) is 0 Å². The van der Waals surface area contributed by atoms with Crippen LogP contribution in [-0.2, 0) is 17.9 Å². The summed E-state index contributed by atoms with van der Waals surface area (Å²) in [6.07, 6.45) is 0. The Labute approximate surface area is 107 Å². The van der Waals surface area contributed by atoms with Crippen molar-refractivity contribution in [3.05, 3.63) is 35.4 Å². The van der Waals surface area contributed by atoms with Crippen molar-refractivity contribution in [1.29, 1.82) is 0 Å². The maximum atomic E-state index is 9.23. The van der Waals surface area contributed by atoms with Gasteiger partial charge in [0.2, 0.25) is 0 Å². The molecule has 0 atom stereocenters. The Balaban J connectivity index is 2.00. The highest BCUT2D eigenvalue weighted by molar-refractivity contribution is 5.78. The molecule has 5 heteroatoms. The molecule has 0 unspecified atom stereocenters. The fraction of sp³-hybridized carbons (Fsp3) is 0.462. The monoisotopic (exact) mass is 249 g/mol. The number of rotatable bonds is 3. The molecule has 0 aliphatic carbocycles. The van der Waals surface area contributed by atoms with Gasteiger partial charge in [0.15, 0.2) is 5.96 Å². The summed E-state index contributed by atoms with van der Waals surface area (Å²) < 4.78 is 5.26. The van der Waals surface area contributed by atoms with E-state index in [-0.39, 0.29) is 6.61 Å². The third-order valence-electron chi connectivity index (χ3n) is 3.04. The summed E-state index contributed by atoms with van der Waals surface area (Å²) in [5.41, 5.74) is 7.86. The number of morpholine rings is 1. The van der Waals surface area contributed by atoms with Crippen molar-refractivity contribution in [2.24, 2.45) is 10.7 Å². The third-order valence-corrected chi connectivity index (χ3v) is 3.04. The fourth-order valence-electron chi connectivity index (χ4n) is 1.92. The van der Waals surface area contributed by atoms with E-state index in [0.29, 0.717) is 25.7 Å². The summed E-state index contributed by atoms with van der Waals surface area (Å²) in [7, 11) is 0. The van der Waals surface area contributed by atoms with Gasteiger partial charge in [0, 0.05) is 13.1 Å². The topological polar surface area (TPSA) is 71.1 Å². The molecule has 1 heterocycles. The highest BCUT2D eigenvalue weighted by atomic mass is 16.5. The van der Waals surface area contributed by atoms with E-state index in [1.807, 2.05) is 29.2 Å². The Morgan fingerprint density at radius 1 is 1.28 bits per heavy atom. The highest BCUT2D eigenvalue weighted by Gasteiger charge is 2.12. The summed E-state index contributed by atoms with van der Waals surface area (Å²) in [6.45, 7) is 3.50. The second kappa shape index (κ2) is 6.37. The number of nitrogens with zero attached hydrogens (tertiary/aromatic N) is 2. The van der Waals surface area contributed by atoms with Crippen LogP contribution < -0.4 is 5.73 Å². The maximum absolute atomic E-state index is 9.23. The number of aliphatic imine (C=N–C) groups is 1. The van der Waals surface area contributed by atoms with Crippen LogP contribution in [0.1, 0.15) is 11.1 Å². The molecule has 18 heavy (non-hydrogen) atoms. The lowest BCUT2D eigenvalue weighted by Crippen LogP contribution is -2.44. The van der Waals surface area contributed by atoms with Gasteiger partial charge >= 0.3 is 0 Å². The van der Waals surface area contributed by atoms with E-state index in [9.17, 15) is 5.11 Å². The molecule has 0 aromatic heterocycles. The van der Waals surface area contributed by atoms with Gasteiger partial charge in [-0.3, -0.25) is 0 Å². The Kier molecular flexibility index (Phi) is 4.55. The fourth-order valence-corrected chi connectivity index (χ4v) is 1.92. The van der Waals surface area contributed by atoms with E-state index < -0.39 is 0 Å². The van der Waals surface area contributed by atoms with Crippen LogP contribution in [0, 0.1) is 0 Å². The number of ether oxygens (including phenoxy) is 1. The van der Waals surface area contributed by atoms with E-state index in [2.05, 4.69) is 4.99 Å². The standard InChI is InChI=1S/C13H19N3O2/c14-13(16-5-7-18-8-6-16)15-9-11-3-1-2-4-12(11)10-17/h1-4,17H,5-10H2,(H2,14,15). The van der Waals surface area contributed by atoms with Crippen molar-refractivity contribution in [3.63, 3.8) is 0 Å². The number of aliphatic hydroxyl groups is 1. The van der Waals surface area contributed by atoms with Crippen LogP contribution in [0.5, 0.6) is 0 Å². The van der Waals surface area contributed by atoms with Crippen LogP contribution >= 0.6 is 0 Å².